The number of hydrogen-bond acceptors (Lipinski definition) is 5. The average Bonchev–Trinajstić information content (AvgIpc) is 2.95. The predicted octanol–water partition coefficient (Wildman–Crippen LogP) is 1.46. The SMILES string of the molecule is C=C1CC23CC1(O)CCC2C12CCC(=O)C(C)(C(=O)O1)C2C3C(=O)O. The Labute approximate surface area is 145 Å². The molecular formula is C19H22O6. The summed E-state index contributed by atoms with van der Waals surface area (Å²) >= 11 is 0. The molecule has 0 radical (unpaired) electrons. The van der Waals surface area contributed by atoms with Crippen molar-refractivity contribution in [3.8, 4) is 0 Å². The molecule has 1 saturated heterocycles. The molecule has 0 aromatic carbocycles. The topological polar surface area (TPSA) is 101 Å². The maximum Gasteiger partial charge on any atom is 0.320 e. The van der Waals surface area contributed by atoms with Crippen LogP contribution >= 0.6 is 0 Å². The Morgan fingerprint density at radius 3 is 2.72 bits per heavy atom. The smallest absolute Gasteiger partial charge is 0.320 e. The predicted molar refractivity (Wildman–Crippen MR) is 84.3 cm³/mol. The summed E-state index contributed by atoms with van der Waals surface area (Å²) in [5, 5.41) is 21.1. The quantitative estimate of drug-likeness (QED) is 0.423. The molecule has 4 aliphatic carbocycles. The second-order valence-corrected chi connectivity index (χ2v) is 9.08. The van der Waals surface area contributed by atoms with E-state index < -0.39 is 45.8 Å². The van der Waals surface area contributed by atoms with Crippen molar-refractivity contribution in [2.45, 2.75) is 56.7 Å². The van der Waals surface area contributed by atoms with Crippen LogP contribution in [-0.2, 0) is 19.1 Å². The molecule has 5 aliphatic rings. The summed E-state index contributed by atoms with van der Waals surface area (Å²) in [6.07, 6.45) is 2.56. The van der Waals surface area contributed by atoms with Gasteiger partial charge >= 0.3 is 11.9 Å². The number of fused-ring (bicyclic) bond motifs is 1. The van der Waals surface area contributed by atoms with E-state index in [0.29, 0.717) is 37.7 Å². The van der Waals surface area contributed by atoms with Crippen LogP contribution in [-0.4, -0.2) is 39.1 Å². The number of Topliss-reactive ketones (excluding diaryl/α,β-unsaturated/α-hetero) is 1. The second kappa shape index (κ2) is 4.00. The van der Waals surface area contributed by atoms with Gasteiger partial charge in [-0.2, -0.15) is 0 Å². The number of ether oxygens (including phenoxy) is 1. The first-order valence-corrected chi connectivity index (χ1v) is 9.02. The van der Waals surface area contributed by atoms with Crippen LogP contribution in [0.15, 0.2) is 12.2 Å². The number of aliphatic carboxylic acids is 1. The molecule has 1 spiro atoms. The number of carboxylic acid groups (broad SMARTS) is 1. The van der Waals surface area contributed by atoms with Crippen molar-refractivity contribution in [3.63, 3.8) is 0 Å². The maximum atomic E-state index is 12.7. The summed E-state index contributed by atoms with van der Waals surface area (Å²) in [5.74, 6) is -3.41. The third kappa shape index (κ3) is 1.36. The molecule has 2 N–H and O–H groups in total. The highest BCUT2D eigenvalue weighted by Crippen LogP contribution is 2.77. The van der Waals surface area contributed by atoms with Crippen LogP contribution in [0.3, 0.4) is 0 Å². The van der Waals surface area contributed by atoms with Crippen LogP contribution in [0.5, 0.6) is 0 Å². The Hall–Kier alpha value is -1.69. The molecule has 0 amide bonds. The molecule has 1 aliphatic heterocycles. The minimum Gasteiger partial charge on any atom is -0.481 e. The van der Waals surface area contributed by atoms with Crippen molar-refractivity contribution in [3.05, 3.63) is 12.2 Å². The van der Waals surface area contributed by atoms with Gasteiger partial charge in [-0.05, 0) is 50.0 Å². The van der Waals surface area contributed by atoms with Crippen molar-refractivity contribution in [2.24, 2.45) is 28.6 Å². The molecule has 5 fully saturated rings. The lowest BCUT2D eigenvalue weighted by molar-refractivity contribution is -0.163. The van der Waals surface area contributed by atoms with E-state index in [0.717, 1.165) is 0 Å². The van der Waals surface area contributed by atoms with Gasteiger partial charge in [-0.25, -0.2) is 0 Å². The summed E-state index contributed by atoms with van der Waals surface area (Å²) in [4.78, 5) is 37.7. The Morgan fingerprint density at radius 1 is 1.32 bits per heavy atom. The zero-order chi connectivity index (χ0) is 18.0. The summed E-state index contributed by atoms with van der Waals surface area (Å²) in [6, 6.07) is 0. The molecule has 4 bridgehead atoms. The lowest BCUT2D eigenvalue weighted by Gasteiger charge is -2.45. The molecule has 0 aromatic rings. The van der Waals surface area contributed by atoms with Gasteiger partial charge in [-0.15, -0.1) is 0 Å². The van der Waals surface area contributed by atoms with Gasteiger partial charge in [0.1, 0.15) is 11.0 Å². The Morgan fingerprint density at radius 2 is 2.04 bits per heavy atom. The fourth-order valence-electron chi connectivity index (χ4n) is 7.46. The van der Waals surface area contributed by atoms with E-state index in [9.17, 15) is 24.6 Å². The first-order valence-electron chi connectivity index (χ1n) is 9.02. The highest BCUT2D eigenvalue weighted by molar-refractivity contribution is 6.07. The van der Waals surface area contributed by atoms with Gasteiger partial charge in [0, 0.05) is 18.3 Å². The van der Waals surface area contributed by atoms with Crippen molar-refractivity contribution in [1.82, 2.24) is 0 Å². The van der Waals surface area contributed by atoms with Crippen LogP contribution in [0, 0.1) is 28.6 Å². The lowest BCUT2D eigenvalue weighted by Crippen LogP contribution is -2.51. The standard InChI is InChI=1S/C19H22O6/c1-9-7-17-8-18(9,24)5-3-10(17)19-6-4-11(20)16(2,15(23)25-19)13(19)12(17)14(21)22/h10,12-13,24H,1,3-8H2,2H3,(H,21,22). The first kappa shape index (κ1) is 15.6. The number of aliphatic hydroxyl groups is 1. The monoisotopic (exact) mass is 346 g/mol. The van der Waals surface area contributed by atoms with Crippen LogP contribution < -0.4 is 0 Å². The van der Waals surface area contributed by atoms with Crippen LogP contribution in [0.1, 0.15) is 45.4 Å². The summed E-state index contributed by atoms with van der Waals surface area (Å²) in [6.45, 7) is 5.60. The van der Waals surface area contributed by atoms with E-state index in [2.05, 4.69) is 6.58 Å². The highest BCUT2D eigenvalue weighted by Gasteiger charge is 2.84. The molecule has 7 atom stereocenters. The fraction of sp³-hybridized carbons (Fsp3) is 0.737. The molecule has 0 aromatic heterocycles. The van der Waals surface area contributed by atoms with E-state index in [-0.39, 0.29) is 18.1 Å². The van der Waals surface area contributed by atoms with Crippen LogP contribution in [0.4, 0.5) is 0 Å². The van der Waals surface area contributed by atoms with Crippen molar-refractivity contribution >= 4 is 17.7 Å². The number of carboxylic acids is 1. The minimum atomic E-state index is -1.38. The minimum absolute atomic E-state index is 0.135. The average molecular weight is 346 g/mol. The molecule has 4 saturated carbocycles. The summed E-state index contributed by atoms with van der Waals surface area (Å²) in [5.41, 5.74) is -3.27. The number of esters is 1. The molecule has 6 nitrogen and oxygen atoms in total. The molecule has 25 heavy (non-hydrogen) atoms. The Balaban J connectivity index is 1.77. The van der Waals surface area contributed by atoms with Crippen LogP contribution in [0.25, 0.3) is 0 Å². The van der Waals surface area contributed by atoms with Gasteiger partial charge in [0.05, 0.1) is 11.5 Å². The third-order valence-electron chi connectivity index (χ3n) is 8.35. The normalized spacial score (nSPS) is 55.8. The van der Waals surface area contributed by atoms with E-state index in [1.54, 1.807) is 6.92 Å². The number of hydrogen-bond donors (Lipinski definition) is 2. The Kier molecular flexibility index (Phi) is 2.49. The molecular weight excluding hydrogens is 324 g/mol. The van der Waals surface area contributed by atoms with E-state index in [1.165, 1.54) is 0 Å². The van der Waals surface area contributed by atoms with Crippen molar-refractivity contribution in [1.29, 1.82) is 0 Å². The van der Waals surface area contributed by atoms with Crippen LogP contribution in [0.2, 0.25) is 0 Å². The second-order valence-electron chi connectivity index (χ2n) is 9.08. The zero-order valence-corrected chi connectivity index (χ0v) is 14.2. The molecule has 1 heterocycles. The van der Waals surface area contributed by atoms with Gasteiger partial charge in [0.15, 0.2) is 5.78 Å². The van der Waals surface area contributed by atoms with Gasteiger partial charge in [-0.3, -0.25) is 14.4 Å². The third-order valence-corrected chi connectivity index (χ3v) is 8.35. The lowest BCUT2D eigenvalue weighted by atomic mass is 9.59. The number of carbonyl (C=O) groups is 3. The first-order chi connectivity index (χ1) is 11.6. The van der Waals surface area contributed by atoms with E-state index in [1.807, 2.05) is 0 Å². The van der Waals surface area contributed by atoms with Gasteiger partial charge < -0.3 is 14.9 Å². The van der Waals surface area contributed by atoms with Gasteiger partial charge in [0.2, 0.25) is 0 Å². The zero-order valence-electron chi connectivity index (χ0n) is 14.2. The molecule has 7 unspecified atom stereocenters. The largest absolute Gasteiger partial charge is 0.481 e. The van der Waals surface area contributed by atoms with Crippen molar-refractivity contribution < 1.29 is 29.3 Å². The van der Waals surface area contributed by atoms with E-state index >= 15 is 0 Å². The van der Waals surface area contributed by atoms with Gasteiger partial charge in [0.25, 0.3) is 0 Å². The molecule has 6 heteroatoms. The Bertz CT molecular complexity index is 772. The summed E-state index contributed by atoms with van der Waals surface area (Å²) < 4.78 is 5.90. The number of ketones is 1. The fourth-order valence-corrected chi connectivity index (χ4v) is 7.46. The van der Waals surface area contributed by atoms with E-state index in [4.69, 9.17) is 4.74 Å². The molecule has 134 valence electrons. The number of rotatable bonds is 1. The molecule has 5 rings (SSSR count). The number of carbonyl (C=O) groups excluding carboxylic acids is 2. The highest BCUT2D eigenvalue weighted by atomic mass is 16.6. The van der Waals surface area contributed by atoms with Gasteiger partial charge in [-0.1, -0.05) is 6.58 Å². The van der Waals surface area contributed by atoms with Crippen molar-refractivity contribution in [2.75, 3.05) is 0 Å². The maximum absolute atomic E-state index is 12.7. The summed E-state index contributed by atoms with van der Waals surface area (Å²) in [7, 11) is 0.